The minimum absolute atomic E-state index is 0.121. The summed E-state index contributed by atoms with van der Waals surface area (Å²) in [6.07, 6.45) is -3.22. The van der Waals surface area contributed by atoms with Crippen molar-refractivity contribution >= 4 is 29.0 Å². The van der Waals surface area contributed by atoms with Crippen LogP contribution in [0.5, 0.6) is 17.2 Å². The summed E-state index contributed by atoms with van der Waals surface area (Å²) < 4.78 is 50.6. The summed E-state index contributed by atoms with van der Waals surface area (Å²) in [4.78, 5) is 23.2. The molecule has 0 saturated carbocycles. The molecule has 1 heterocycles. The number of alkyl halides is 3. The van der Waals surface area contributed by atoms with Crippen LogP contribution in [0, 0.1) is 11.3 Å². The van der Waals surface area contributed by atoms with Gasteiger partial charge in [0.1, 0.15) is 5.75 Å². The van der Waals surface area contributed by atoms with Crippen LogP contribution < -0.4 is 14.8 Å². The van der Waals surface area contributed by atoms with Crippen LogP contribution in [-0.4, -0.2) is 17.8 Å². The number of ether oxygens (including phenoxy) is 2. The highest BCUT2D eigenvalue weighted by molar-refractivity contribution is 8.18. The Bertz CT molecular complexity index is 1090. The lowest BCUT2D eigenvalue weighted by Crippen LogP contribution is -2.17. The third-order valence-corrected chi connectivity index (χ3v) is 4.66. The molecule has 0 atom stereocenters. The standard InChI is InChI=1S/C20H13F3N2O4S/c1-2-28-16-7-11(8-17-18(26)25-19(27)30-17)3-6-15(16)29-13-5-4-12(10-24)14(9-13)20(21,22)23/h3-9H,2H2,1H3,(H,25,26,27). The number of hydrogen-bond donors (Lipinski definition) is 1. The molecule has 1 aliphatic rings. The van der Waals surface area contributed by atoms with Crippen LogP contribution in [0.1, 0.15) is 23.6 Å². The lowest BCUT2D eigenvalue weighted by Gasteiger charge is -2.14. The number of nitrogens with one attached hydrogen (secondary N) is 1. The number of imide groups is 1. The van der Waals surface area contributed by atoms with E-state index in [1.165, 1.54) is 30.3 Å². The van der Waals surface area contributed by atoms with E-state index in [2.05, 4.69) is 5.32 Å². The summed E-state index contributed by atoms with van der Waals surface area (Å²) in [7, 11) is 0. The normalized spacial score (nSPS) is 15.1. The molecule has 0 spiro atoms. The van der Waals surface area contributed by atoms with E-state index in [1.54, 1.807) is 13.0 Å². The minimum atomic E-state index is -4.71. The number of benzene rings is 2. The average Bonchev–Trinajstić information content (AvgIpc) is 3.00. The fourth-order valence-corrected chi connectivity index (χ4v) is 3.27. The van der Waals surface area contributed by atoms with Crippen molar-refractivity contribution in [2.45, 2.75) is 13.1 Å². The van der Waals surface area contributed by atoms with Crippen molar-refractivity contribution in [1.29, 1.82) is 5.26 Å². The molecule has 0 aromatic heterocycles. The van der Waals surface area contributed by atoms with E-state index in [0.29, 0.717) is 5.56 Å². The zero-order valence-electron chi connectivity index (χ0n) is 15.4. The van der Waals surface area contributed by atoms with E-state index >= 15 is 0 Å². The fourth-order valence-electron chi connectivity index (χ4n) is 2.59. The Morgan fingerprint density at radius 1 is 1.17 bits per heavy atom. The van der Waals surface area contributed by atoms with Gasteiger partial charge in [0, 0.05) is 0 Å². The molecule has 0 radical (unpaired) electrons. The SMILES string of the molecule is CCOc1cc(C=C2SC(=O)NC2=O)ccc1Oc1ccc(C#N)c(C(F)(F)F)c1. The molecule has 154 valence electrons. The van der Waals surface area contributed by atoms with Gasteiger partial charge in [-0.15, -0.1) is 0 Å². The topological polar surface area (TPSA) is 88.4 Å². The maximum absolute atomic E-state index is 13.2. The molecule has 10 heteroatoms. The van der Waals surface area contributed by atoms with Gasteiger partial charge in [0.05, 0.1) is 28.7 Å². The molecule has 1 N–H and O–H groups in total. The molecule has 2 aromatic carbocycles. The van der Waals surface area contributed by atoms with E-state index in [-0.39, 0.29) is 28.8 Å². The minimum Gasteiger partial charge on any atom is -0.490 e. The molecule has 3 rings (SSSR count). The maximum Gasteiger partial charge on any atom is 0.417 e. The van der Waals surface area contributed by atoms with Crippen LogP contribution in [0.2, 0.25) is 0 Å². The second-order valence-electron chi connectivity index (χ2n) is 5.91. The Hall–Kier alpha value is -3.45. The smallest absolute Gasteiger partial charge is 0.417 e. The van der Waals surface area contributed by atoms with Crippen LogP contribution in [0.15, 0.2) is 41.3 Å². The Morgan fingerprint density at radius 3 is 2.53 bits per heavy atom. The third-order valence-electron chi connectivity index (χ3n) is 3.85. The van der Waals surface area contributed by atoms with Crippen LogP contribution in [0.3, 0.4) is 0 Å². The molecule has 0 bridgehead atoms. The van der Waals surface area contributed by atoms with E-state index in [4.69, 9.17) is 14.7 Å². The van der Waals surface area contributed by atoms with E-state index in [1.807, 2.05) is 0 Å². The van der Waals surface area contributed by atoms with Gasteiger partial charge in [0.2, 0.25) is 0 Å². The van der Waals surface area contributed by atoms with Gasteiger partial charge < -0.3 is 9.47 Å². The predicted octanol–water partition coefficient (Wildman–Crippen LogP) is 5.09. The Kier molecular flexibility index (Phi) is 6.03. The number of carbonyl (C=O) groups is 2. The lowest BCUT2D eigenvalue weighted by atomic mass is 10.1. The molecule has 30 heavy (non-hydrogen) atoms. The fraction of sp³-hybridized carbons (Fsp3) is 0.150. The molecule has 6 nitrogen and oxygen atoms in total. The van der Waals surface area contributed by atoms with Gasteiger partial charge >= 0.3 is 6.18 Å². The van der Waals surface area contributed by atoms with Crippen LogP contribution in [-0.2, 0) is 11.0 Å². The predicted molar refractivity (Wildman–Crippen MR) is 103 cm³/mol. The number of thioether (sulfide) groups is 1. The zero-order chi connectivity index (χ0) is 21.9. The second kappa shape index (κ2) is 8.51. The number of carbonyl (C=O) groups excluding carboxylic acids is 2. The highest BCUT2D eigenvalue weighted by Gasteiger charge is 2.34. The summed E-state index contributed by atoms with van der Waals surface area (Å²) in [5, 5.41) is 10.6. The summed E-state index contributed by atoms with van der Waals surface area (Å²) >= 11 is 0.758. The Morgan fingerprint density at radius 2 is 1.93 bits per heavy atom. The highest BCUT2D eigenvalue weighted by atomic mass is 32.2. The summed E-state index contributed by atoms with van der Waals surface area (Å²) in [6, 6.07) is 9.12. The van der Waals surface area contributed by atoms with E-state index in [9.17, 15) is 22.8 Å². The van der Waals surface area contributed by atoms with Crippen molar-refractivity contribution in [1.82, 2.24) is 5.32 Å². The largest absolute Gasteiger partial charge is 0.490 e. The lowest BCUT2D eigenvalue weighted by molar-refractivity contribution is -0.137. The first-order chi connectivity index (χ1) is 14.2. The van der Waals surface area contributed by atoms with Crippen LogP contribution >= 0.6 is 11.8 Å². The first-order valence-electron chi connectivity index (χ1n) is 8.52. The quantitative estimate of drug-likeness (QED) is 0.660. The van der Waals surface area contributed by atoms with Crippen LogP contribution in [0.25, 0.3) is 6.08 Å². The highest BCUT2D eigenvalue weighted by Crippen LogP contribution is 2.38. The van der Waals surface area contributed by atoms with Crippen molar-refractivity contribution in [3.63, 3.8) is 0 Å². The van der Waals surface area contributed by atoms with Gasteiger partial charge in [-0.1, -0.05) is 6.07 Å². The first-order valence-corrected chi connectivity index (χ1v) is 9.34. The van der Waals surface area contributed by atoms with Crippen molar-refractivity contribution < 1.29 is 32.2 Å². The molecular weight excluding hydrogens is 421 g/mol. The molecule has 1 fully saturated rings. The molecule has 1 aliphatic heterocycles. The molecule has 0 aliphatic carbocycles. The Labute approximate surface area is 173 Å². The third kappa shape index (κ3) is 4.75. The van der Waals surface area contributed by atoms with Crippen molar-refractivity contribution in [2.75, 3.05) is 6.61 Å². The molecule has 1 saturated heterocycles. The van der Waals surface area contributed by atoms with E-state index < -0.39 is 28.4 Å². The number of halogens is 3. The molecule has 2 amide bonds. The summed E-state index contributed by atoms with van der Waals surface area (Å²) in [6.45, 7) is 1.97. The van der Waals surface area contributed by atoms with Crippen molar-refractivity contribution in [3.8, 4) is 23.3 Å². The summed E-state index contributed by atoms with van der Waals surface area (Å²) in [5.41, 5.74) is -1.08. The number of amides is 2. The average molecular weight is 434 g/mol. The van der Waals surface area contributed by atoms with Gasteiger partial charge in [0.15, 0.2) is 11.5 Å². The molecule has 0 unspecified atom stereocenters. The zero-order valence-corrected chi connectivity index (χ0v) is 16.2. The van der Waals surface area contributed by atoms with Gasteiger partial charge in [-0.25, -0.2) is 0 Å². The monoisotopic (exact) mass is 434 g/mol. The van der Waals surface area contributed by atoms with Crippen molar-refractivity contribution in [2.24, 2.45) is 0 Å². The van der Waals surface area contributed by atoms with Gasteiger partial charge in [-0.3, -0.25) is 14.9 Å². The maximum atomic E-state index is 13.2. The molecule has 2 aromatic rings. The van der Waals surface area contributed by atoms with Gasteiger partial charge in [-0.05, 0) is 60.7 Å². The molecular formula is C20H13F3N2O4S. The number of rotatable bonds is 5. The Balaban J connectivity index is 1.93. The van der Waals surface area contributed by atoms with Gasteiger partial charge in [-0.2, -0.15) is 18.4 Å². The second-order valence-corrected chi connectivity index (χ2v) is 6.93. The van der Waals surface area contributed by atoms with Crippen molar-refractivity contribution in [3.05, 3.63) is 58.0 Å². The first kappa shape index (κ1) is 21.3. The number of nitrogens with zero attached hydrogens (tertiary/aromatic N) is 1. The summed E-state index contributed by atoms with van der Waals surface area (Å²) in [5.74, 6) is -0.249. The number of nitriles is 1. The van der Waals surface area contributed by atoms with Gasteiger partial charge in [0.25, 0.3) is 11.1 Å². The number of hydrogen-bond acceptors (Lipinski definition) is 6. The van der Waals surface area contributed by atoms with E-state index in [0.717, 1.165) is 23.9 Å². The van der Waals surface area contributed by atoms with Crippen LogP contribution in [0.4, 0.5) is 18.0 Å².